The van der Waals surface area contributed by atoms with E-state index in [9.17, 15) is 78.3 Å². The molecule has 0 heterocycles. The molecule has 0 aliphatic carbocycles. The van der Waals surface area contributed by atoms with Crippen molar-refractivity contribution in [2.24, 2.45) is 39.8 Å². The molecule has 9 amide bonds. The summed E-state index contributed by atoms with van der Waals surface area (Å²) in [5, 5.41) is 67.3. The standard InChI is InChI=1S/C44H71N13O16/c1-20(2)14-26(51-35(64)24(45)18-58)37(66)54-29(17-32(62)63)39(68)55-30(19-59)41(70)52-27(15-23-10-7-6-8-11-23)38(67)50-25(12-9-13-49-44(47)48)36(65)53-28(16-31(46)61)40(69)57-34(22(5)60)42(71)56-33(21(3)4)43(72)73/h6-8,10-11,20-22,24-30,33-34,58-60H,9,12-19,45H2,1-5H3,(H2,46,61)(H,50,67)(H,51,64)(H,52,70)(H,53,65)(H,54,66)(H,55,68)(H,56,71)(H,57,69)(H,62,63)(H,72,73)(H4,47,48,49)/t22-,24+,25+,26+,27+,28+,29+,30+,33+,34+/m1/s1. The maximum atomic E-state index is 14.2. The molecule has 1 aromatic carbocycles. The zero-order valence-electron chi connectivity index (χ0n) is 41.2. The first-order valence-corrected chi connectivity index (χ1v) is 23.0. The summed E-state index contributed by atoms with van der Waals surface area (Å²) in [5.41, 5.74) is 22.3. The highest BCUT2D eigenvalue weighted by Crippen LogP contribution is 2.10. The molecule has 73 heavy (non-hydrogen) atoms. The van der Waals surface area contributed by atoms with E-state index < -0.39 is 158 Å². The zero-order chi connectivity index (χ0) is 55.7. The quantitative estimate of drug-likeness (QED) is 0.0177. The van der Waals surface area contributed by atoms with Gasteiger partial charge in [-0.05, 0) is 43.6 Å². The smallest absolute Gasteiger partial charge is 0.326 e. The van der Waals surface area contributed by atoms with E-state index in [-0.39, 0.29) is 44.1 Å². The monoisotopic (exact) mass is 1040 g/mol. The van der Waals surface area contributed by atoms with Crippen LogP contribution in [-0.2, 0) is 59.2 Å². The number of aliphatic hydroxyl groups is 3. The third kappa shape index (κ3) is 23.5. The van der Waals surface area contributed by atoms with Crippen LogP contribution in [0, 0.1) is 11.8 Å². The Morgan fingerprint density at radius 2 is 1.03 bits per heavy atom. The Morgan fingerprint density at radius 3 is 1.52 bits per heavy atom. The molecule has 0 unspecified atom stereocenters. The number of aliphatic imine (C=N–C) groups is 1. The lowest BCUT2D eigenvalue weighted by atomic mass is 10.0. The number of primary amides is 1. The fraction of sp³-hybridized carbons (Fsp3) is 0.591. The van der Waals surface area contributed by atoms with Crippen molar-refractivity contribution in [2.45, 2.75) is 134 Å². The molecule has 0 radical (unpaired) electrons. The summed E-state index contributed by atoms with van der Waals surface area (Å²) >= 11 is 0. The number of aliphatic hydroxyl groups excluding tert-OH is 3. The topological polar surface area (TPSA) is 502 Å². The molecule has 10 atom stereocenters. The number of carbonyl (C=O) groups excluding carboxylic acids is 9. The number of carbonyl (C=O) groups is 11. The normalized spacial score (nSPS) is 15.2. The fourth-order valence-corrected chi connectivity index (χ4v) is 6.66. The van der Waals surface area contributed by atoms with Crippen LogP contribution < -0.4 is 65.5 Å². The Bertz CT molecular complexity index is 2110. The molecule has 0 aliphatic heterocycles. The molecule has 0 saturated carbocycles. The molecule has 29 heteroatoms. The average Bonchev–Trinajstić information content (AvgIpc) is 3.30. The van der Waals surface area contributed by atoms with Crippen molar-refractivity contribution >= 4 is 71.1 Å². The molecule has 0 aliphatic rings. The molecular weight excluding hydrogens is 967 g/mol. The van der Waals surface area contributed by atoms with Gasteiger partial charge < -0.3 is 91.0 Å². The zero-order valence-corrected chi connectivity index (χ0v) is 41.2. The predicted molar refractivity (Wildman–Crippen MR) is 257 cm³/mol. The number of rotatable bonds is 33. The van der Waals surface area contributed by atoms with Crippen LogP contribution in [0.5, 0.6) is 0 Å². The third-order valence-corrected chi connectivity index (χ3v) is 10.5. The van der Waals surface area contributed by atoms with Gasteiger partial charge in [-0.1, -0.05) is 58.0 Å². The molecule has 1 aromatic rings. The molecule has 0 saturated heterocycles. The van der Waals surface area contributed by atoms with Gasteiger partial charge in [-0.3, -0.25) is 52.9 Å². The maximum absolute atomic E-state index is 14.2. The summed E-state index contributed by atoms with van der Waals surface area (Å²) in [5.74, 6) is -14.3. The van der Waals surface area contributed by atoms with E-state index in [0.29, 0.717) is 5.56 Å². The van der Waals surface area contributed by atoms with E-state index in [1.54, 1.807) is 44.2 Å². The van der Waals surface area contributed by atoms with E-state index in [0.717, 1.165) is 6.92 Å². The van der Waals surface area contributed by atoms with Crippen LogP contribution >= 0.6 is 0 Å². The van der Waals surface area contributed by atoms with Crippen LogP contribution in [0.3, 0.4) is 0 Å². The van der Waals surface area contributed by atoms with Gasteiger partial charge in [0.25, 0.3) is 0 Å². The molecule has 21 N–H and O–H groups in total. The van der Waals surface area contributed by atoms with Crippen molar-refractivity contribution < 1.29 is 78.3 Å². The first-order valence-electron chi connectivity index (χ1n) is 23.0. The SMILES string of the molecule is CC(C)C[C@H](NC(=O)[C@@H](N)CO)C(=O)N[C@@H](CC(=O)O)C(=O)N[C@@H](CO)C(=O)N[C@@H](Cc1ccccc1)C(=O)N[C@@H](CCCN=C(N)N)C(=O)N[C@@H](CC(N)=O)C(=O)N[C@H](C(=O)N[C@H](C(=O)O)C(C)C)[C@@H](C)O. The van der Waals surface area contributed by atoms with Crippen molar-refractivity contribution in [3.8, 4) is 0 Å². The second-order valence-electron chi connectivity index (χ2n) is 17.7. The lowest BCUT2D eigenvalue weighted by Crippen LogP contribution is -2.62. The molecule has 0 bridgehead atoms. The van der Waals surface area contributed by atoms with Crippen molar-refractivity contribution in [1.82, 2.24) is 42.5 Å². The largest absolute Gasteiger partial charge is 0.481 e. The van der Waals surface area contributed by atoms with Gasteiger partial charge in [0.05, 0.1) is 32.2 Å². The molecule has 0 fully saturated rings. The van der Waals surface area contributed by atoms with Gasteiger partial charge in [0.1, 0.15) is 54.4 Å². The van der Waals surface area contributed by atoms with Gasteiger partial charge in [-0.25, -0.2) is 4.79 Å². The number of carboxylic acid groups (broad SMARTS) is 2. The molecule has 1 rings (SSSR count). The number of aliphatic carboxylic acids is 2. The summed E-state index contributed by atoms with van der Waals surface area (Å²) in [6.45, 7) is 5.46. The van der Waals surface area contributed by atoms with Crippen molar-refractivity contribution in [3.05, 3.63) is 35.9 Å². The highest BCUT2D eigenvalue weighted by Gasteiger charge is 2.37. The van der Waals surface area contributed by atoms with Crippen molar-refractivity contribution in [1.29, 1.82) is 0 Å². The lowest BCUT2D eigenvalue weighted by Gasteiger charge is -2.28. The van der Waals surface area contributed by atoms with Gasteiger partial charge in [0, 0.05) is 13.0 Å². The Labute approximate surface area is 420 Å². The summed E-state index contributed by atoms with van der Waals surface area (Å²) in [6, 6.07) is -7.00. The van der Waals surface area contributed by atoms with E-state index in [2.05, 4.69) is 47.5 Å². The number of hydrogen-bond donors (Lipinski definition) is 17. The first kappa shape index (κ1) is 63.5. The van der Waals surface area contributed by atoms with Crippen molar-refractivity contribution in [3.63, 3.8) is 0 Å². The van der Waals surface area contributed by atoms with E-state index in [4.69, 9.17) is 22.9 Å². The fourth-order valence-electron chi connectivity index (χ4n) is 6.66. The Hall–Kier alpha value is -7.50. The van der Waals surface area contributed by atoms with Crippen LogP contribution in [0.2, 0.25) is 0 Å². The third-order valence-electron chi connectivity index (χ3n) is 10.5. The number of benzene rings is 1. The Balaban J connectivity index is 3.58. The lowest BCUT2D eigenvalue weighted by molar-refractivity contribution is -0.144. The number of carboxylic acids is 2. The summed E-state index contributed by atoms with van der Waals surface area (Å²) < 4.78 is 0. The van der Waals surface area contributed by atoms with Gasteiger partial charge >= 0.3 is 11.9 Å². The molecule has 29 nitrogen and oxygen atoms in total. The minimum Gasteiger partial charge on any atom is -0.481 e. The highest BCUT2D eigenvalue weighted by atomic mass is 16.4. The number of nitrogens with one attached hydrogen (secondary N) is 8. The van der Waals surface area contributed by atoms with Gasteiger partial charge in [-0.2, -0.15) is 0 Å². The van der Waals surface area contributed by atoms with E-state index >= 15 is 0 Å². The second-order valence-corrected chi connectivity index (χ2v) is 17.7. The highest BCUT2D eigenvalue weighted by molar-refractivity contribution is 5.99. The maximum Gasteiger partial charge on any atom is 0.326 e. The summed E-state index contributed by atoms with van der Waals surface area (Å²) in [7, 11) is 0. The molecule has 0 spiro atoms. The van der Waals surface area contributed by atoms with Gasteiger partial charge in [0.2, 0.25) is 53.2 Å². The van der Waals surface area contributed by atoms with Gasteiger partial charge in [0.15, 0.2) is 5.96 Å². The predicted octanol–water partition coefficient (Wildman–Crippen LogP) is -7.01. The van der Waals surface area contributed by atoms with E-state index in [1.807, 2.05) is 0 Å². The van der Waals surface area contributed by atoms with Gasteiger partial charge in [-0.15, -0.1) is 0 Å². The van der Waals surface area contributed by atoms with Crippen LogP contribution in [0.25, 0.3) is 0 Å². The minimum absolute atomic E-state index is 0.0169. The molecular formula is C44H71N13O16. The minimum atomic E-state index is -1.92. The number of nitrogens with two attached hydrogens (primary N) is 4. The Kier molecular flexibility index (Phi) is 27.6. The average molecular weight is 1040 g/mol. The van der Waals surface area contributed by atoms with E-state index in [1.165, 1.54) is 13.8 Å². The van der Waals surface area contributed by atoms with Crippen LogP contribution in [0.4, 0.5) is 0 Å². The molecule has 0 aromatic heterocycles. The first-order chi connectivity index (χ1) is 34.1. The number of amides is 9. The van der Waals surface area contributed by atoms with Crippen molar-refractivity contribution in [2.75, 3.05) is 19.8 Å². The second kappa shape index (κ2) is 31.8. The molecule has 408 valence electrons. The summed E-state index contributed by atoms with van der Waals surface area (Å²) in [6.07, 6.45) is -4.21. The summed E-state index contributed by atoms with van der Waals surface area (Å²) in [4.78, 5) is 148. The Morgan fingerprint density at radius 1 is 0.562 bits per heavy atom. The number of guanidine groups is 1. The van der Waals surface area contributed by atoms with Crippen LogP contribution in [-0.4, -0.2) is 177 Å². The van der Waals surface area contributed by atoms with Crippen LogP contribution in [0.15, 0.2) is 35.3 Å². The number of nitrogens with zero attached hydrogens (tertiary/aromatic N) is 1. The van der Waals surface area contributed by atoms with Crippen LogP contribution in [0.1, 0.15) is 72.3 Å². The number of hydrogen-bond acceptors (Lipinski definition) is 16.